The second-order valence-electron chi connectivity index (χ2n) is 11.9. The number of fused-ring (bicyclic) bond motifs is 9. The third-order valence-electron chi connectivity index (χ3n) is 8.87. The molecule has 5 heterocycles. The van der Waals surface area contributed by atoms with E-state index in [9.17, 15) is 0 Å². The monoisotopic (exact) mass is 774 g/mol. The van der Waals surface area contributed by atoms with Gasteiger partial charge in [0, 0.05) is 49.4 Å². The van der Waals surface area contributed by atoms with Crippen molar-refractivity contribution in [2.75, 3.05) is 0 Å². The second-order valence-corrected chi connectivity index (χ2v) is 11.9. The summed E-state index contributed by atoms with van der Waals surface area (Å²) in [5, 5.41) is 0.983. The predicted molar refractivity (Wildman–Crippen MR) is 181 cm³/mol. The van der Waals surface area contributed by atoms with Gasteiger partial charge in [0.2, 0.25) is 0 Å². The molecule has 5 aromatic heterocycles. The largest absolute Gasteiger partial charge is 0.333 e. The number of rotatable bonds is 4. The van der Waals surface area contributed by atoms with E-state index in [1.807, 2.05) is 30.5 Å². The molecule has 46 heavy (non-hydrogen) atoms. The van der Waals surface area contributed by atoms with E-state index in [1.54, 1.807) is 0 Å². The van der Waals surface area contributed by atoms with Gasteiger partial charge in [-0.05, 0) is 60.7 Å². The van der Waals surface area contributed by atoms with E-state index in [-0.39, 0.29) is 21.1 Å². The Kier molecular flexibility index (Phi) is 6.59. The van der Waals surface area contributed by atoms with Crippen LogP contribution in [-0.2, 0) is 26.5 Å². The van der Waals surface area contributed by atoms with Crippen molar-refractivity contribution in [3.8, 4) is 17.1 Å². The van der Waals surface area contributed by atoms with Gasteiger partial charge in [0.1, 0.15) is 16.7 Å². The fourth-order valence-electron chi connectivity index (χ4n) is 6.53. The number of hydrogen-bond acceptors (Lipinski definition) is 4. The van der Waals surface area contributed by atoms with Crippen molar-refractivity contribution in [2.24, 2.45) is 0 Å². The molecule has 224 valence electrons. The summed E-state index contributed by atoms with van der Waals surface area (Å²) >= 11 is 0. The van der Waals surface area contributed by atoms with Gasteiger partial charge in [-0.15, -0.1) is 35.4 Å². The Labute approximate surface area is 279 Å². The first-order chi connectivity index (χ1) is 22.1. The number of aromatic nitrogens is 6. The number of para-hydroxylation sites is 5. The van der Waals surface area contributed by atoms with Gasteiger partial charge in [0.25, 0.3) is 0 Å². The topological polar surface area (TPSA) is 60.9 Å². The molecule has 9 rings (SSSR count). The van der Waals surface area contributed by atoms with E-state index in [2.05, 4.69) is 126 Å². The van der Waals surface area contributed by atoms with Crippen molar-refractivity contribution in [2.45, 2.75) is 19.3 Å². The average Bonchev–Trinajstić information content (AvgIpc) is 3.68. The molecule has 0 aliphatic rings. The van der Waals surface area contributed by atoms with Crippen molar-refractivity contribution in [3.05, 3.63) is 145 Å². The molecule has 0 saturated heterocycles. The van der Waals surface area contributed by atoms with Crippen LogP contribution >= 0.6 is 0 Å². The molecule has 0 aliphatic carbocycles. The average molecular weight is 775 g/mol. The molecule has 7 heteroatoms. The van der Waals surface area contributed by atoms with E-state index in [4.69, 9.17) is 19.9 Å². The molecule has 0 N–H and O–H groups in total. The molecule has 0 saturated carbocycles. The van der Waals surface area contributed by atoms with E-state index >= 15 is 0 Å². The van der Waals surface area contributed by atoms with E-state index in [1.165, 1.54) is 0 Å². The van der Waals surface area contributed by atoms with Crippen molar-refractivity contribution in [3.63, 3.8) is 0 Å². The van der Waals surface area contributed by atoms with Gasteiger partial charge in [-0.1, -0.05) is 56.3 Å². The van der Waals surface area contributed by atoms with E-state index in [0.717, 1.165) is 78.0 Å². The molecule has 6 nitrogen and oxygen atoms in total. The van der Waals surface area contributed by atoms with E-state index < -0.39 is 5.41 Å². The number of benzene rings is 4. The van der Waals surface area contributed by atoms with Gasteiger partial charge < -0.3 is 4.57 Å². The van der Waals surface area contributed by atoms with Gasteiger partial charge >= 0.3 is 0 Å². The van der Waals surface area contributed by atoms with Crippen molar-refractivity contribution in [1.29, 1.82) is 0 Å². The Bertz CT molecular complexity index is 2580. The normalized spacial score (nSPS) is 12.0. The Morgan fingerprint density at radius 2 is 1.35 bits per heavy atom. The first-order valence-electron chi connectivity index (χ1n) is 15.1. The zero-order valence-corrected chi connectivity index (χ0v) is 27.4. The molecule has 9 aromatic rings. The summed E-state index contributed by atoms with van der Waals surface area (Å²) in [6.07, 6.45) is 1.83. The smallest absolute Gasteiger partial charge is 0.148 e. The Hall–Kier alpha value is -5.19. The molecule has 0 radical (unpaired) electrons. The first kappa shape index (κ1) is 28.3. The second kappa shape index (κ2) is 10.7. The maximum absolute atomic E-state index is 5.34. The Balaban J connectivity index is 0.00000312. The van der Waals surface area contributed by atoms with Crippen molar-refractivity contribution in [1.82, 2.24) is 28.9 Å². The third-order valence-corrected chi connectivity index (χ3v) is 8.87. The number of pyridine rings is 3. The summed E-state index contributed by atoms with van der Waals surface area (Å²) in [5.74, 6) is 0.857. The molecule has 0 fully saturated rings. The van der Waals surface area contributed by atoms with Crippen LogP contribution in [0.25, 0.3) is 66.7 Å². The van der Waals surface area contributed by atoms with Crippen molar-refractivity contribution < 1.29 is 21.1 Å². The molecule has 0 aliphatic heterocycles. The summed E-state index contributed by atoms with van der Waals surface area (Å²) in [4.78, 5) is 20.2. The summed E-state index contributed by atoms with van der Waals surface area (Å²) in [5.41, 5.74) is 11.1. The zero-order chi connectivity index (χ0) is 30.1. The van der Waals surface area contributed by atoms with Gasteiger partial charge in [-0.25, -0.2) is 9.97 Å². The zero-order valence-electron chi connectivity index (χ0n) is 25.1. The van der Waals surface area contributed by atoms with Crippen LogP contribution in [0, 0.1) is 6.07 Å². The van der Waals surface area contributed by atoms with Crippen LogP contribution in [0.5, 0.6) is 0 Å². The Morgan fingerprint density at radius 1 is 0.609 bits per heavy atom. The van der Waals surface area contributed by atoms with Crippen LogP contribution < -0.4 is 0 Å². The molecule has 4 aromatic carbocycles. The van der Waals surface area contributed by atoms with E-state index in [0.29, 0.717) is 0 Å². The summed E-state index contributed by atoms with van der Waals surface area (Å²) in [7, 11) is 0. The SMILES string of the molecule is CC(C)(c1[c-]c(-c2nc3ccccc3n2-c2ccccc2)ccc1)c1ccc2c(n1)c1ncccc1c1nc3ccccc3n21.[Pt]. The van der Waals surface area contributed by atoms with Gasteiger partial charge in [-0.2, -0.15) is 0 Å². The van der Waals surface area contributed by atoms with Gasteiger partial charge in [-0.3, -0.25) is 14.4 Å². The number of hydrogen-bond donors (Lipinski definition) is 0. The minimum atomic E-state index is -0.457. The molecule has 0 spiro atoms. The van der Waals surface area contributed by atoms with Crippen LogP contribution in [0.3, 0.4) is 0 Å². The van der Waals surface area contributed by atoms with Crippen LogP contribution in [0.4, 0.5) is 0 Å². The first-order valence-corrected chi connectivity index (χ1v) is 15.1. The Morgan fingerprint density at radius 3 is 2.17 bits per heavy atom. The fraction of sp³-hybridized carbons (Fsp3) is 0.0769. The number of imidazole rings is 2. The molecular weight excluding hydrogens is 748 g/mol. The standard InChI is InChI=1S/C39H27N6.Pt/c1-39(2,26-13-10-12-25(24-26)37-41-29-17-6-8-19-31(29)44(37)27-14-4-3-5-15-27)34-22-21-33-36(43-34)35-28(16-11-23-40-35)38-42-30-18-7-9-20-32(30)45(33)38;/h3-23H,1-2H3;/q-1;. The molecular formula is C39H27N6Pt-. The van der Waals surface area contributed by atoms with Crippen LogP contribution in [0.15, 0.2) is 128 Å². The fourth-order valence-corrected chi connectivity index (χ4v) is 6.53. The van der Waals surface area contributed by atoms with Gasteiger partial charge in [0.15, 0.2) is 0 Å². The summed E-state index contributed by atoms with van der Waals surface area (Å²) in [6, 6.07) is 45.3. The molecule has 0 atom stereocenters. The van der Waals surface area contributed by atoms with Gasteiger partial charge in [0.05, 0.1) is 33.4 Å². The predicted octanol–water partition coefficient (Wildman–Crippen LogP) is 8.71. The molecule has 0 unspecified atom stereocenters. The maximum atomic E-state index is 5.34. The third kappa shape index (κ3) is 4.21. The minimum absolute atomic E-state index is 0. The maximum Gasteiger partial charge on any atom is 0.148 e. The summed E-state index contributed by atoms with van der Waals surface area (Å²) < 4.78 is 4.42. The van der Waals surface area contributed by atoms with Crippen LogP contribution in [0.2, 0.25) is 0 Å². The minimum Gasteiger partial charge on any atom is -0.333 e. The molecule has 0 amide bonds. The van der Waals surface area contributed by atoms with Crippen LogP contribution in [-0.4, -0.2) is 28.9 Å². The molecule has 0 bridgehead atoms. The van der Waals surface area contributed by atoms with Crippen LogP contribution in [0.1, 0.15) is 25.1 Å². The number of nitrogens with zero attached hydrogens (tertiary/aromatic N) is 6. The summed E-state index contributed by atoms with van der Waals surface area (Å²) in [6.45, 7) is 4.41. The quantitative estimate of drug-likeness (QED) is 0.133. The van der Waals surface area contributed by atoms with Crippen molar-refractivity contribution >= 4 is 49.7 Å².